The molecule has 2 saturated heterocycles. The van der Waals surface area contributed by atoms with Gasteiger partial charge in [-0.15, -0.1) is 0 Å². The Balaban J connectivity index is 2.05. The van der Waals surface area contributed by atoms with Crippen LogP contribution in [0.1, 0.15) is 45.4 Å². The van der Waals surface area contributed by atoms with Crippen molar-refractivity contribution in [2.45, 2.75) is 51.5 Å². The Morgan fingerprint density at radius 3 is 2.86 bits per heavy atom. The van der Waals surface area contributed by atoms with Crippen LogP contribution in [0.2, 0.25) is 0 Å². The van der Waals surface area contributed by atoms with Crippen LogP contribution in [0, 0.1) is 5.41 Å². The number of likely N-dealkylation sites (tertiary alicyclic amines) is 1. The summed E-state index contributed by atoms with van der Waals surface area (Å²) in [4.78, 5) is 37.4. The van der Waals surface area contributed by atoms with Crippen molar-refractivity contribution < 1.29 is 14.4 Å². The number of piperidine rings is 2. The number of rotatable bonds is 4. The Labute approximate surface area is 125 Å². The molecule has 6 heteroatoms. The molecule has 0 radical (unpaired) electrons. The lowest BCUT2D eigenvalue weighted by atomic mass is 9.76. The van der Waals surface area contributed by atoms with E-state index in [-0.39, 0.29) is 17.7 Å². The maximum absolute atomic E-state index is 12.7. The second kappa shape index (κ2) is 6.56. The molecule has 2 rings (SSSR count). The van der Waals surface area contributed by atoms with Crippen LogP contribution in [-0.2, 0) is 14.4 Å². The predicted octanol–water partition coefficient (Wildman–Crippen LogP) is 0.420. The molecule has 6 nitrogen and oxygen atoms in total. The molecule has 3 amide bonds. The van der Waals surface area contributed by atoms with Crippen molar-refractivity contribution in [1.82, 2.24) is 15.5 Å². The highest BCUT2D eigenvalue weighted by atomic mass is 16.2. The lowest BCUT2D eigenvalue weighted by Crippen LogP contribution is -2.58. The second-order valence-corrected chi connectivity index (χ2v) is 6.17. The van der Waals surface area contributed by atoms with Crippen molar-refractivity contribution in [1.29, 1.82) is 0 Å². The average Bonchev–Trinajstić information content (AvgIpc) is 2.49. The lowest BCUT2D eigenvalue weighted by molar-refractivity contribution is -0.150. The fraction of sp³-hybridized carbons (Fsp3) is 0.800. The number of carbonyl (C=O) groups is 3. The summed E-state index contributed by atoms with van der Waals surface area (Å²) in [5.41, 5.74) is -0.409. The molecule has 0 aromatic heterocycles. The number of likely N-dealkylation sites (N-methyl/N-ethyl adjacent to an activating group) is 1. The number of hydrogen-bond acceptors (Lipinski definition) is 4. The summed E-state index contributed by atoms with van der Waals surface area (Å²) in [6.07, 6.45) is 4.31. The molecule has 2 fully saturated rings. The van der Waals surface area contributed by atoms with Crippen LogP contribution >= 0.6 is 0 Å². The SMILES string of the molecule is CCCC1(C(=O)NC2CCC(=O)N(C)C2=O)CCCNC1. The smallest absolute Gasteiger partial charge is 0.251 e. The van der Waals surface area contributed by atoms with Crippen LogP contribution < -0.4 is 10.6 Å². The van der Waals surface area contributed by atoms with Gasteiger partial charge in [0, 0.05) is 20.0 Å². The first-order chi connectivity index (χ1) is 10.00. The van der Waals surface area contributed by atoms with Crippen LogP contribution in [0.4, 0.5) is 0 Å². The third-order valence-electron chi connectivity index (χ3n) is 4.64. The first kappa shape index (κ1) is 15.9. The van der Waals surface area contributed by atoms with Gasteiger partial charge in [0.15, 0.2) is 0 Å². The fourth-order valence-electron chi connectivity index (χ4n) is 3.33. The topological polar surface area (TPSA) is 78.5 Å². The normalized spacial score (nSPS) is 30.4. The number of imide groups is 1. The van der Waals surface area contributed by atoms with E-state index in [4.69, 9.17) is 0 Å². The van der Waals surface area contributed by atoms with Gasteiger partial charge in [-0.05, 0) is 32.2 Å². The summed E-state index contributed by atoms with van der Waals surface area (Å²) < 4.78 is 0. The third kappa shape index (κ3) is 3.26. The van der Waals surface area contributed by atoms with E-state index >= 15 is 0 Å². The van der Waals surface area contributed by atoms with Gasteiger partial charge >= 0.3 is 0 Å². The summed E-state index contributed by atoms with van der Waals surface area (Å²) in [6.45, 7) is 3.68. The van der Waals surface area contributed by atoms with Gasteiger partial charge in [-0.1, -0.05) is 13.3 Å². The lowest BCUT2D eigenvalue weighted by Gasteiger charge is -2.38. The molecular formula is C15H25N3O3. The monoisotopic (exact) mass is 295 g/mol. The highest BCUT2D eigenvalue weighted by Gasteiger charge is 2.41. The van der Waals surface area contributed by atoms with E-state index < -0.39 is 11.5 Å². The maximum atomic E-state index is 12.7. The summed E-state index contributed by atoms with van der Waals surface area (Å²) >= 11 is 0. The molecule has 2 aliphatic rings. The summed E-state index contributed by atoms with van der Waals surface area (Å²) in [5.74, 6) is -0.513. The van der Waals surface area contributed by atoms with Gasteiger partial charge in [0.05, 0.1) is 5.41 Å². The Bertz CT molecular complexity index is 424. The molecule has 2 unspecified atom stereocenters. The molecular weight excluding hydrogens is 270 g/mol. The van der Waals surface area contributed by atoms with E-state index in [1.807, 2.05) is 0 Å². The van der Waals surface area contributed by atoms with E-state index in [1.54, 1.807) is 0 Å². The molecule has 0 aromatic carbocycles. The molecule has 0 aromatic rings. The van der Waals surface area contributed by atoms with Crippen molar-refractivity contribution in [3.8, 4) is 0 Å². The zero-order chi connectivity index (χ0) is 15.5. The van der Waals surface area contributed by atoms with Crippen LogP contribution in [0.5, 0.6) is 0 Å². The Morgan fingerprint density at radius 2 is 2.24 bits per heavy atom. The minimum absolute atomic E-state index is 0.0438. The van der Waals surface area contributed by atoms with Crippen molar-refractivity contribution >= 4 is 17.7 Å². The summed E-state index contributed by atoms with van der Waals surface area (Å²) in [6, 6.07) is -0.559. The van der Waals surface area contributed by atoms with Gasteiger partial charge in [-0.25, -0.2) is 0 Å². The minimum atomic E-state index is -0.559. The molecule has 0 aliphatic carbocycles. The first-order valence-corrected chi connectivity index (χ1v) is 7.82. The van der Waals surface area contributed by atoms with Gasteiger partial charge in [0.1, 0.15) is 6.04 Å². The zero-order valence-corrected chi connectivity index (χ0v) is 12.9. The minimum Gasteiger partial charge on any atom is -0.344 e. The molecule has 0 spiro atoms. The van der Waals surface area contributed by atoms with Gasteiger partial charge in [-0.2, -0.15) is 0 Å². The number of nitrogens with zero attached hydrogens (tertiary/aromatic N) is 1. The van der Waals surface area contributed by atoms with E-state index in [0.29, 0.717) is 19.4 Å². The molecule has 0 bridgehead atoms. The van der Waals surface area contributed by atoms with Crippen LogP contribution in [0.3, 0.4) is 0 Å². The Kier molecular flexibility index (Phi) is 4.98. The van der Waals surface area contributed by atoms with Crippen molar-refractivity contribution in [3.63, 3.8) is 0 Å². The molecule has 118 valence electrons. The quantitative estimate of drug-likeness (QED) is 0.737. The standard InChI is InChI=1S/C15H25N3O3/c1-3-7-15(8-4-9-16-10-15)14(21)17-11-5-6-12(19)18(2)13(11)20/h11,16H,3-10H2,1-2H3,(H,17,21). The fourth-order valence-corrected chi connectivity index (χ4v) is 3.33. The van der Waals surface area contributed by atoms with Crippen LogP contribution in [0.15, 0.2) is 0 Å². The molecule has 2 atom stereocenters. The number of amides is 3. The average molecular weight is 295 g/mol. The van der Waals surface area contributed by atoms with Gasteiger partial charge in [0.25, 0.3) is 5.91 Å². The van der Waals surface area contributed by atoms with Gasteiger partial charge in [-0.3, -0.25) is 19.3 Å². The highest BCUT2D eigenvalue weighted by molar-refractivity contribution is 6.01. The second-order valence-electron chi connectivity index (χ2n) is 6.17. The van der Waals surface area contributed by atoms with Crippen LogP contribution in [-0.4, -0.2) is 48.8 Å². The van der Waals surface area contributed by atoms with Gasteiger partial charge < -0.3 is 10.6 Å². The van der Waals surface area contributed by atoms with Crippen LogP contribution in [0.25, 0.3) is 0 Å². The van der Waals surface area contributed by atoms with E-state index in [2.05, 4.69) is 17.6 Å². The third-order valence-corrected chi connectivity index (χ3v) is 4.64. The maximum Gasteiger partial charge on any atom is 0.251 e. The molecule has 2 N–H and O–H groups in total. The van der Waals surface area contributed by atoms with Crippen molar-refractivity contribution in [3.05, 3.63) is 0 Å². The highest BCUT2D eigenvalue weighted by Crippen LogP contribution is 2.32. The summed E-state index contributed by atoms with van der Waals surface area (Å²) in [5, 5.41) is 6.19. The first-order valence-electron chi connectivity index (χ1n) is 7.82. The van der Waals surface area contributed by atoms with E-state index in [0.717, 1.165) is 37.1 Å². The van der Waals surface area contributed by atoms with Crippen molar-refractivity contribution in [2.24, 2.45) is 5.41 Å². The molecule has 2 aliphatic heterocycles. The summed E-state index contributed by atoms with van der Waals surface area (Å²) in [7, 11) is 1.48. The van der Waals surface area contributed by atoms with E-state index in [1.165, 1.54) is 7.05 Å². The molecule has 21 heavy (non-hydrogen) atoms. The predicted molar refractivity (Wildman–Crippen MR) is 78.4 cm³/mol. The largest absolute Gasteiger partial charge is 0.344 e. The Hall–Kier alpha value is -1.43. The number of carbonyl (C=O) groups excluding carboxylic acids is 3. The zero-order valence-electron chi connectivity index (χ0n) is 12.9. The molecule has 0 saturated carbocycles. The van der Waals surface area contributed by atoms with Gasteiger partial charge in [0.2, 0.25) is 11.8 Å². The Morgan fingerprint density at radius 1 is 1.48 bits per heavy atom. The number of nitrogens with one attached hydrogen (secondary N) is 2. The molecule has 2 heterocycles. The number of hydrogen-bond donors (Lipinski definition) is 2. The van der Waals surface area contributed by atoms with Crippen molar-refractivity contribution in [2.75, 3.05) is 20.1 Å². The van der Waals surface area contributed by atoms with E-state index in [9.17, 15) is 14.4 Å².